The molecule has 1 rings (SSSR count). The van der Waals surface area contributed by atoms with Gasteiger partial charge >= 0.3 is 5.97 Å². The predicted octanol–water partition coefficient (Wildman–Crippen LogP) is 2.45. The Hall–Kier alpha value is -0.880. The molecule has 1 heterocycles. The number of carbonyl (C=O) groups is 2. The first kappa shape index (κ1) is 13.2. The Bertz CT molecular complexity index is 405. The molecule has 0 spiro atoms. The van der Waals surface area contributed by atoms with Gasteiger partial charge in [-0.3, -0.25) is 4.79 Å². The molecule has 0 bridgehead atoms. The third kappa shape index (κ3) is 2.82. The number of carboxylic acids is 1. The fraction of sp³-hybridized carbons (Fsp3) is 0.400. The third-order valence-electron chi connectivity index (χ3n) is 2.27. The zero-order chi connectivity index (χ0) is 12.3. The highest BCUT2D eigenvalue weighted by Gasteiger charge is 2.25. The maximum atomic E-state index is 11.9. The molecule has 88 valence electrons. The molecule has 0 aliphatic heterocycles. The van der Waals surface area contributed by atoms with E-state index in [1.54, 1.807) is 18.4 Å². The van der Waals surface area contributed by atoms with Crippen LogP contribution >= 0.6 is 27.3 Å². The number of hydrogen-bond donors (Lipinski definition) is 1. The number of thiophene rings is 1. The zero-order valence-corrected chi connectivity index (χ0v) is 11.3. The summed E-state index contributed by atoms with van der Waals surface area (Å²) in [7, 11) is 1.51. The van der Waals surface area contributed by atoms with E-state index >= 15 is 0 Å². The number of halogens is 1. The molecule has 1 amide bonds. The Morgan fingerprint density at radius 2 is 2.25 bits per heavy atom. The Morgan fingerprint density at radius 3 is 2.62 bits per heavy atom. The summed E-state index contributed by atoms with van der Waals surface area (Å²) < 4.78 is 0.854. The average molecular weight is 306 g/mol. The number of hydrogen-bond acceptors (Lipinski definition) is 3. The first-order valence-electron chi connectivity index (χ1n) is 4.71. The maximum absolute atomic E-state index is 11.9. The van der Waals surface area contributed by atoms with Crippen LogP contribution in [0, 0.1) is 0 Å². The molecule has 4 nitrogen and oxygen atoms in total. The number of carboxylic acid groups (broad SMARTS) is 1. The van der Waals surface area contributed by atoms with Gasteiger partial charge in [0, 0.05) is 12.4 Å². The molecule has 1 atom stereocenters. The summed E-state index contributed by atoms with van der Waals surface area (Å²) in [5.41, 5.74) is 0.513. The minimum Gasteiger partial charge on any atom is -0.480 e. The van der Waals surface area contributed by atoms with Gasteiger partial charge in [0.2, 0.25) is 0 Å². The van der Waals surface area contributed by atoms with Crippen molar-refractivity contribution in [2.75, 3.05) is 7.05 Å². The smallest absolute Gasteiger partial charge is 0.326 e. The number of amides is 1. The topological polar surface area (TPSA) is 57.6 Å². The molecule has 16 heavy (non-hydrogen) atoms. The van der Waals surface area contributed by atoms with Crippen molar-refractivity contribution < 1.29 is 14.7 Å². The fourth-order valence-corrected chi connectivity index (χ4v) is 2.51. The quantitative estimate of drug-likeness (QED) is 0.929. The predicted molar refractivity (Wildman–Crippen MR) is 65.8 cm³/mol. The fourth-order valence-electron chi connectivity index (χ4n) is 1.38. The second-order valence-corrected chi connectivity index (χ2v) is 5.61. The largest absolute Gasteiger partial charge is 0.480 e. The third-order valence-corrected chi connectivity index (χ3v) is 3.78. The summed E-state index contributed by atoms with van der Waals surface area (Å²) >= 11 is 4.66. The van der Waals surface area contributed by atoms with Gasteiger partial charge < -0.3 is 10.0 Å². The monoisotopic (exact) mass is 305 g/mol. The van der Waals surface area contributed by atoms with Crippen LogP contribution in [0.3, 0.4) is 0 Å². The molecule has 0 saturated heterocycles. The molecule has 6 heteroatoms. The Morgan fingerprint density at radius 1 is 1.62 bits per heavy atom. The summed E-state index contributed by atoms with van der Waals surface area (Å²) in [4.78, 5) is 24.1. The lowest BCUT2D eigenvalue weighted by Gasteiger charge is -2.23. The molecule has 1 N–H and O–H groups in total. The van der Waals surface area contributed by atoms with Gasteiger partial charge in [-0.25, -0.2) is 4.79 Å². The van der Waals surface area contributed by atoms with Gasteiger partial charge in [0.1, 0.15) is 6.04 Å². The normalized spacial score (nSPS) is 12.2. The Kier molecular flexibility index (Phi) is 4.49. The van der Waals surface area contributed by atoms with Crippen molar-refractivity contribution in [3.63, 3.8) is 0 Å². The number of aliphatic carboxylic acids is 1. The highest BCUT2D eigenvalue weighted by atomic mass is 79.9. The first-order chi connectivity index (χ1) is 7.47. The molecule has 0 aliphatic rings. The van der Waals surface area contributed by atoms with Crippen molar-refractivity contribution in [3.05, 3.63) is 20.8 Å². The van der Waals surface area contributed by atoms with Gasteiger partial charge in [0.25, 0.3) is 5.91 Å². The number of carbonyl (C=O) groups excluding carboxylic acids is 1. The lowest BCUT2D eigenvalue weighted by Crippen LogP contribution is -2.41. The summed E-state index contributed by atoms with van der Waals surface area (Å²) in [5.74, 6) is -1.25. The summed E-state index contributed by atoms with van der Waals surface area (Å²) in [6, 6.07) is 0.920. The minimum absolute atomic E-state index is 0.267. The number of rotatable bonds is 4. The molecule has 0 radical (unpaired) electrons. The van der Waals surface area contributed by atoms with Crippen LogP contribution in [0.2, 0.25) is 0 Å². The van der Waals surface area contributed by atoms with E-state index in [9.17, 15) is 9.59 Å². The second kappa shape index (κ2) is 5.45. The van der Waals surface area contributed by atoms with Crippen LogP contribution in [-0.4, -0.2) is 35.0 Å². The van der Waals surface area contributed by atoms with Gasteiger partial charge in [0.05, 0.1) is 9.35 Å². The summed E-state index contributed by atoms with van der Waals surface area (Å²) in [6.45, 7) is 1.74. The van der Waals surface area contributed by atoms with E-state index in [0.29, 0.717) is 12.0 Å². The highest BCUT2D eigenvalue weighted by Crippen LogP contribution is 2.22. The summed E-state index contributed by atoms with van der Waals surface area (Å²) in [6.07, 6.45) is 0.392. The lowest BCUT2D eigenvalue weighted by atomic mass is 10.2. The van der Waals surface area contributed by atoms with Crippen LogP contribution in [0.15, 0.2) is 15.2 Å². The van der Waals surface area contributed by atoms with E-state index < -0.39 is 12.0 Å². The minimum atomic E-state index is -0.979. The molecule has 0 fully saturated rings. The van der Waals surface area contributed by atoms with Crippen molar-refractivity contribution >= 4 is 39.1 Å². The van der Waals surface area contributed by atoms with Gasteiger partial charge in [-0.2, -0.15) is 0 Å². The van der Waals surface area contributed by atoms with Gasteiger partial charge in [-0.1, -0.05) is 6.92 Å². The SMILES string of the molecule is CCC(C(=O)O)N(C)C(=O)c1csc(Br)c1. The van der Waals surface area contributed by atoms with Crippen LogP contribution in [0.25, 0.3) is 0 Å². The van der Waals surface area contributed by atoms with Gasteiger partial charge in [0.15, 0.2) is 0 Å². The molecule has 0 aromatic carbocycles. The standard InChI is InChI=1S/C10H12BrNO3S/c1-3-7(10(14)15)12(2)9(13)6-4-8(11)16-5-6/h4-5,7H,3H2,1-2H3,(H,14,15). The van der Waals surface area contributed by atoms with Crippen LogP contribution in [0.4, 0.5) is 0 Å². The van der Waals surface area contributed by atoms with Crippen molar-refractivity contribution in [1.82, 2.24) is 4.90 Å². The number of likely N-dealkylation sites (N-methyl/N-ethyl adjacent to an activating group) is 1. The maximum Gasteiger partial charge on any atom is 0.326 e. The van der Waals surface area contributed by atoms with E-state index in [4.69, 9.17) is 5.11 Å². The number of nitrogens with zero attached hydrogens (tertiary/aromatic N) is 1. The van der Waals surface area contributed by atoms with Gasteiger partial charge in [-0.05, 0) is 28.4 Å². The van der Waals surface area contributed by atoms with Gasteiger partial charge in [-0.15, -0.1) is 11.3 Å². The van der Waals surface area contributed by atoms with Crippen molar-refractivity contribution in [2.45, 2.75) is 19.4 Å². The molecule has 0 aliphatic carbocycles. The Balaban J connectivity index is 2.85. The van der Waals surface area contributed by atoms with Crippen LogP contribution < -0.4 is 0 Å². The van der Waals surface area contributed by atoms with Crippen molar-refractivity contribution in [3.8, 4) is 0 Å². The van der Waals surface area contributed by atoms with E-state index in [0.717, 1.165) is 3.79 Å². The first-order valence-corrected chi connectivity index (χ1v) is 6.38. The van der Waals surface area contributed by atoms with E-state index in [2.05, 4.69) is 15.9 Å². The van der Waals surface area contributed by atoms with Crippen molar-refractivity contribution in [2.24, 2.45) is 0 Å². The van der Waals surface area contributed by atoms with Crippen LogP contribution in [0.1, 0.15) is 23.7 Å². The molecule has 1 aromatic rings. The molecular formula is C10H12BrNO3S. The van der Waals surface area contributed by atoms with E-state index in [1.807, 2.05) is 0 Å². The van der Waals surface area contributed by atoms with Crippen LogP contribution in [-0.2, 0) is 4.79 Å². The van der Waals surface area contributed by atoms with E-state index in [-0.39, 0.29) is 5.91 Å². The molecule has 1 aromatic heterocycles. The Labute approximate surface area is 106 Å². The zero-order valence-electron chi connectivity index (χ0n) is 8.94. The van der Waals surface area contributed by atoms with Crippen molar-refractivity contribution in [1.29, 1.82) is 0 Å². The van der Waals surface area contributed by atoms with Crippen LogP contribution in [0.5, 0.6) is 0 Å². The molecule has 1 unspecified atom stereocenters. The second-order valence-electron chi connectivity index (χ2n) is 3.32. The average Bonchev–Trinajstić information content (AvgIpc) is 2.64. The highest BCUT2D eigenvalue weighted by molar-refractivity contribution is 9.11. The summed E-state index contributed by atoms with van der Waals surface area (Å²) in [5, 5.41) is 10.6. The molecular weight excluding hydrogens is 294 g/mol. The molecule has 0 saturated carbocycles. The van der Waals surface area contributed by atoms with E-state index in [1.165, 1.54) is 23.3 Å². The lowest BCUT2D eigenvalue weighted by molar-refractivity contribution is -0.142.